The number of carbonyl (C=O) groups excluding carboxylic acids is 1. The lowest BCUT2D eigenvalue weighted by Gasteiger charge is -2.19. The second-order valence-electron chi connectivity index (χ2n) is 5.38. The van der Waals surface area contributed by atoms with Gasteiger partial charge in [-0.1, -0.05) is 12.1 Å². The maximum absolute atomic E-state index is 12.7. The Kier molecular flexibility index (Phi) is 5.85. The van der Waals surface area contributed by atoms with Crippen LogP contribution in [0.15, 0.2) is 36.4 Å². The summed E-state index contributed by atoms with van der Waals surface area (Å²) in [7, 11) is 6.24. The summed E-state index contributed by atoms with van der Waals surface area (Å²) in [6.07, 6.45) is 0. The van der Waals surface area contributed by atoms with Gasteiger partial charge in [-0.15, -0.1) is 0 Å². The molecule has 2 aromatic rings. The van der Waals surface area contributed by atoms with Crippen LogP contribution < -0.4 is 14.2 Å². The SMILES string of the molecule is COc1cc(C(=O)N(C)Cc2ccc(C#N)cc2)cc(OC)c1OC. The van der Waals surface area contributed by atoms with Crippen molar-refractivity contribution in [1.29, 1.82) is 5.26 Å². The van der Waals surface area contributed by atoms with Crippen molar-refractivity contribution < 1.29 is 19.0 Å². The molecule has 0 aliphatic rings. The highest BCUT2D eigenvalue weighted by Crippen LogP contribution is 2.38. The normalized spacial score (nSPS) is 9.88. The Hall–Kier alpha value is -3.20. The van der Waals surface area contributed by atoms with Gasteiger partial charge in [-0.3, -0.25) is 4.79 Å². The van der Waals surface area contributed by atoms with Crippen molar-refractivity contribution in [1.82, 2.24) is 4.90 Å². The first-order valence-corrected chi connectivity index (χ1v) is 7.58. The minimum atomic E-state index is -0.177. The number of hydrogen-bond acceptors (Lipinski definition) is 5. The molecule has 1 amide bonds. The third kappa shape index (κ3) is 4.01. The molecule has 0 saturated heterocycles. The van der Waals surface area contributed by atoms with Crippen LogP contribution in [0.25, 0.3) is 0 Å². The van der Waals surface area contributed by atoms with E-state index in [0.717, 1.165) is 5.56 Å². The second kappa shape index (κ2) is 8.06. The lowest BCUT2D eigenvalue weighted by atomic mass is 10.1. The molecule has 0 bridgehead atoms. The van der Waals surface area contributed by atoms with Gasteiger partial charge in [0.1, 0.15) is 0 Å². The Labute approximate surface area is 147 Å². The highest BCUT2D eigenvalue weighted by Gasteiger charge is 2.19. The molecule has 0 unspecified atom stereocenters. The molecule has 25 heavy (non-hydrogen) atoms. The van der Waals surface area contributed by atoms with Crippen LogP contribution in [0.3, 0.4) is 0 Å². The van der Waals surface area contributed by atoms with Crippen molar-refractivity contribution in [2.24, 2.45) is 0 Å². The van der Waals surface area contributed by atoms with Crippen molar-refractivity contribution in [3.05, 3.63) is 53.1 Å². The fourth-order valence-corrected chi connectivity index (χ4v) is 2.46. The van der Waals surface area contributed by atoms with E-state index < -0.39 is 0 Å². The molecule has 130 valence electrons. The Morgan fingerprint density at radius 2 is 1.60 bits per heavy atom. The summed E-state index contributed by atoms with van der Waals surface area (Å²) < 4.78 is 15.8. The van der Waals surface area contributed by atoms with E-state index in [9.17, 15) is 4.79 Å². The van der Waals surface area contributed by atoms with Crippen LogP contribution in [0.2, 0.25) is 0 Å². The summed E-state index contributed by atoms with van der Waals surface area (Å²) in [6.45, 7) is 0.418. The van der Waals surface area contributed by atoms with Gasteiger partial charge in [0, 0.05) is 19.2 Å². The molecule has 0 aliphatic heterocycles. The van der Waals surface area contributed by atoms with Crippen molar-refractivity contribution >= 4 is 5.91 Å². The van der Waals surface area contributed by atoms with Gasteiger partial charge < -0.3 is 19.1 Å². The Bertz CT molecular complexity index is 769. The van der Waals surface area contributed by atoms with Crippen LogP contribution in [0.1, 0.15) is 21.5 Å². The molecule has 6 nitrogen and oxygen atoms in total. The fraction of sp³-hybridized carbons (Fsp3) is 0.263. The lowest BCUT2D eigenvalue weighted by molar-refractivity contribution is 0.0784. The molecule has 0 aliphatic carbocycles. The zero-order chi connectivity index (χ0) is 18.4. The Balaban J connectivity index is 2.25. The molecule has 2 aromatic carbocycles. The van der Waals surface area contributed by atoms with Gasteiger partial charge in [0.15, 0.2) is 11.5 Å². The predicted octanol–water partition coefficient (Wildman–Crippen LogP) is 2.86. The van der Waals surface area contributed by atoms with Crippen LogP contribution in [0.5, 0.6) is 17.2 Å². The highest BCUT2D eigenvalue weighted by atomic mass is 16.5. The Morgan fingerprint density at radius 1 is 1.04 bits per heavy atom. The standard InChI is InChI=1S/C19H20N2O4/c1-21(12-14-7-5-13(11-20)6-8-14)19(22)15-9-16(23-2)18(25-4)17(10-15)24-3/h5-10H,12H2,1-4H3. The number of methoxy groups -OCH3 is 3. The smallest absolute Gasteiger partial charge is 0.254 e. The third-order valence-electron chi connectivity index (χ3n) is 3.76. The number of nitrogens with zero attached hydrogens (tertiary/aromatic N) is 2. The zero-order valence-corrected chi connectivity index (χ0v) is 14.7. The van der Waals surface area contributed by atoms with E-state index in [1.165, 1.54) is 21.3 Å². The first-order chi connectivity index (χ1) is 12.0. The van der Waals surface area contributed by atoms with E-state index in [2.05, 4.69) is 6.07 Å². The molecule has 0 radical (unpaired) electrons. The van der Waals surface area contributed by atoms with Gasteiger partial charge in [-0.25, -0.2) is 0 Å². The summed E-state index contributed by atoms with van der Waals surface area (Å²) in [4.78, 5) is 14.3. The Morgan fingerprint density at radius 3 is 2.04 bits per heavy atom. The molecule has 6 heteroatoms. The summed E-state index contributed by atoms with van der Waals surface area (Å²) >= 11 is 0. The van der Waals surface area contributed by atoms with Crippen molar-refractivity contribution in [3.8, 4) is 23.3 Å². The zero-order valence-electron chi connectivity index (χ0n) is 14.7. The van der Waals surface area contributed by atoms with Crippen LogP contribution in [-0.2, 0) is 6.54 Å². The molecule has 0 spiro atoms. The number of nitriles is 1. The fourth-order valence-electron chi connectivity index (χ4n) is 2.46. The van der Waals surface area contributed by atoms with E-state index in [1.54, 1.807) is 36.2 Å². The molecule has 0 aromatic heterocycles. The van der Waals surface area contributed by atoms with Gasteiger partial charge in [0.2, 0.25) is 5.75 Å². The van der Waals surface area contributed by atoms with Crippen molar-refractivity contribution in [2.75, 3.05) is 28.4 Å². The molecule has 0 fully saturated rings. The molecular weight excluding hydrogens is 320 g/mol. The number of amides is 1. The van der Waals surface area contributed by atoms with Crippen molar-refractivity contribution in [2.45, 2.75) is 6.54 Å². The van der Waals surface area contributed by atoms with Crippen LogP contribution in [-0.4, -0.2) is 39.2 Å². The average Bonchev–Trinajstić information content (AvgIpc) is 2.66. The number of rotatable bonds is 6. The van der Waals surface area contributed by atoms with E-state index in [-0.39, 0.29) is 5.91 Å². The van der Waals surface area contributed by atoms with Gasteiger partial charge in [-0.05, 0) is 29.8 Å². The first kappa shape index (κ1) is 18.1. The third-order valence-corrected chi connectivity index (χ3v) is 3.76. The summed E-state index contributed by atoms with van der Waals surface area (Å²) in [5.41, 5.74) is 1.95. The van der Waals surface area contributed by atoms with E-state index in [4.69, 9.17) is 19.5 Å². The maximum atomic E-state index is 12.7. The van der Waals surface area contributed by atoms with Crippen LogP contribution in [0.4, 0.5) is 0 Å². The summed E-state index contributed by atoms with van der Waals surface area (Å²) in [5.74, 6) is 1.12. The van der Waals surface area contributed by atoms with Gasteiger partial charge >= 0.3 is 0 Å². The summed E-state index contributed by atoms with van der Waals surface area (Å²) in [6, 6.07) is 12.4. The van der Waals surface area contributed by atoms with E-state index in [1.807, 2.05) is 12.1 Å². The quantitative estimate of drug-likeness (QED) is 0.808. The lowest BCUT2D eigenvalue weighted by Crippen LogP contribution is -2.26. The number of ether oxygens (including phenoxy) is 3. The highest BCUT2D eigenvalue weighted by molar-refractivity contribution is 5.95. The van der Waals surface area contributed by atoms with Gasteiger partial charge in [0.05, 0.1) is 33.0 Å². The predicted molar refractivity (Wildman–Crippen MR) is 93.1 cm³/mol. The number of hydrogen-bond donors (Lipinski definition) is 0. The molecule has 2 rings (SSSR count). The molecule has 0 N–H and O–H groups in total. The first-order valence-electron chi connectivity index (χ1n) is 7.58. The molecule has 0 atom stereocenters. The van der Waals surface area contributed by atoms with E-state index in [0.29, 0.717) is 34.9 Å². The summed E-state index contributed by atoms with van der Waals surface area (Å²) in [5, 5.41) is 8.84. The van der Waals surface area contributed by atoms with E-state index >= 15 is 0 Å². The van der Waals surface area contributed by atoms with Crippen LogP contribution >= 0.6 is 0 Å². The van der Waals surface area contributed by atoms with Gasteiger partial charge in [-0.2, -0.15) is 5.26 Å². The second-order valence-corrected chi connectivity index (χ2v) is 5.38. The number of benzene rings is 2. The maximum Gasteiger partial charge on any atom is 0.254 e. The monoisotopic (exact) mass is 340 g/mol. The average molecular weight is 340 g/mol. The molecular formula is C19H20N2O4. The van der Waals surface area contributed by atoms with Crippen molar-refractivity contribution in [3.63, 3.8) is 0 Å². The van der Waals surface area contributed by atoms with Crippen LogP contribution in [0, 0.1) is 11.3 Å². The number of carbonyl (C=O) groups is 1. The largest absolute Gasteiger partial charge is 0.493 e. The topological polar surface area (TPSA) is 71.8 Å². The van der Waals surface area contributed by atoms with Gasteiger partial charge in [0.25, 0.3) is 5.91 Å². The minimum absolute atomic E-state index is 0.177. The molecule has 0 saturated carbocycles. The minimum Gasteiger partial charge on any atom is -0.493 e. The molecule has 0 heterocycles.